The van der Waals surface area contributed by atoms with Gasteiger partial charge in [0, 0.05) is 13.0 Å². The van der Waals surface area contributed by atoms with Gasteiger partial charge >= 0.3 is 16.4 Å². The summed E-state index contributed by atoms with van der Waals surface area (Å²) >= 11 is 0. The number of allylic oxidation sites excluding steroid dienone is 10. The van der Waals surface area contributed by atoms with Crippen LogP contribution in [0.15, 0.2) is 60.8 Å². The van der Waals surface area contributed by atoms with E-state index in [9.17, 15) is 28.5 Å². The predicted molar refractivity (Wildman–Crippen MR) is 239 cm³/mol. The molecule has 6 atom stereocenters. The molecular formula is C47H82O12S. The molecule has 0 radical (unpaired) electrons. The third kappa shape index (κ3) is 31.6. The number of esters is 1. The summed E-state index contributed by atoms with van der Waals surface area (Å²) in [6, 6.07) is 0. The second-order valence-electron chi connectivity index (χ2n) is 15.6. The number of ether oxygens (including phenoxy) is 4. The summed E-state index contributed by atoms with van der Waals surface area (Å²) in [7, 11) is -5.06. The van der Waals surface area contributed by atoms with Crippen LogP contribution in [-0.4, -0.2) is 97.5 Å². The Labute approximate surface area is 363 Å². The zero-order valence-electron chi connectivity index (χ0n) is 37.0. The normalized spacial score (nSPS) is 20.8. The molecule has 0 aromatic rings. The van der Waals surface area contributed by atoms with E-state index in [2.05, 4.69) is 78.8 Å². The molecule has 0 amide bonds. The van der Waals surface area contributed by atoms with Crippen LogP contribution >= 0.6 is 0 Å². The molecule has 0 spiro atoms. The Hall–Kier alpha value is -2.20. The van der Waals surface area contributed by atoms with Crippen molar-refractivity contribution in [1.29, 1.82) is 0 Å². The maximum absolute atomic E-state index is 12.8. The lowest BCUT2D eigenvalue weighted by molar-refractivity contribution is -0.301. The van der Waals surface area contributed by atoms with Crippen LogP contribution in [0.2, 0.25) is 0 Å². The Balaban J connectivity index is 2.31. The van der Waals surface area contributed by atoms with E-state index in [-0.39, 0.29) is 19.6 Å². The first-order valence-electron chi connectivity index (χ1n) is 23.0. The average molecular weight is 871 g/mol. The molecular weight excluding hydrogens is 789 g/mol. The van der Waals surface area contributed by atoms with Crippen molar-refractivity contribution in [3.8, 4) is 0 Å². The molecule has 1 aliphatic heterocycles. The van der Waals surface area contributed by atoms with E-state index < -0.39 is 59.8 Å². The smallest absolute Gasteiger partial charge is 0.397 e. The first-order valence-corrected chi connectivity index (χ1v) is 24.4. The predicted octanol–water partition coefficient (Wildman–Crippen LogP) is 9.74. The van der Waals surface area contributed by atoms with E-state index in [1.807, 2.05) is 0 Å². The van der Waals surface area contributed by atoms with Crippen LogP contribution < -0.4 is 0 Å². The molecule has 4 N–H and O–H groups in total. The Kier molecular flexibility index (Phi) is 35.8. The Morgan fingerprint density at radius 3 is 1.68 bits per heavy atom. The first-order chi connectivity index (χ1) is 29.1. The van der Waals surface area contributed by atoms with Crippen LogP contribution in [0.4, 0.5) is 0 Å². The van der Waals surface area contributed by atoms with Gasteiger partial charge in [-0.05, 0) is 57.8 Å². The van der Waals surface area contributed by atoms with E-state index in [1.54, 1.807) is 0 Å². The van der Waals surface area contributed by atoms with E-state index in [4.69, 9.17) is 23.5 Å². The Morgan fingerprint density at radius 1 is 0.650 bits per heavy atom. The molecule has 1 saturated heterocycles. The fourth-order valence-corrected chi connectivity index (χ4v) is 7.21. The maximum Gasteiger partial charge on any atom is 0.397 e. The highest BCUT2D eigenvalue weighted by molar-refractivity contribution is 7.80. The summed E-state index contributed by atoms with van der Waals surface area (Å²) in [5, 5.41) is 30.6. The van der Waals surface area contributed by atoms with E-state index in [1.165, 1.54) is 64.2 Å². The third-order valence-electron chi connectivity index (χ3n) is 10.2. The van der Waals surface area contributed by atoms with Gasteiger partial charge in [-0.3, -0.25) is 9.35 Å². The van der Waals surface area contributed by atoms with Crippen molar-refractivity contribution >= 4 is 16.4 Å². The fourth-order valence-electron chi connectivity index (χ4n) is 6.70. The zero-order valence-corrected chi connectivity index (χ0v) is 37.8. The van der Waals surface area contributed by atoms with Gasteiger partial charge in [-0.15, -0.1) is 0 Å². The number of carbonyl (C=O) groups excluding carboxylic acids is 1. The lowest BCUT2D eigenvalue weighted by Crippen LogP contribution is -2.60. The van der Waals surface area contributed by atoms with Crippen molar-refractivity contribution in [3.63, 3.8) is 0 Å². The lowest BCUT2D eigenvalue weighted by atomic mass is 9.99. The second kappa shape index (κ2) is 38.5. The summed E-state index contributed by atoms with van der Waals surface area (Å²) < 4.78 is 58.9. The molecule has 348 valence electrons. The minimum atomic E-state index is -5.06. The van der Waals surface area contributed by atoms with Crippen molar-refractivity contribution in [2.75, 3.05) is 26.4 Å². The fraction of sp³-hybridized carbons (Fsp3) is 0.766. The monoisotopic (exact) mass is 871 g/mol. The SMILES string of the molecule is CC/C=C\C/C=C\C/C=C\C/C=C\C/C=C\CCCCCCCCCCCC(=O)OC(COCCCCCCCCCC)COC1OC(CO)C(O)C(OS(=O)(=O)O)C1O. The van der Waals surface area contributed by atoms with E-state index in [0.29, 0.717) is 13.0 Å². The molecule has 0 aromatic carbocycles. The van der Waals surface area contributed by atoms with E-state index >= 15 is 0 Å². The van der Waals surface area contributed by atoms with Gasteiger partial charge in [-0.25, -0.2) is 4.18 Å². The molecule has 1 aliphatic rings. The summed E-state index contributed by atoms with van der Waals surface area (Å²) in [4.78, 5) is 12.8. The van der Waals surface area contributed by atoms with Crippen LogP contribution in [-0.2, 0) is 38.3 Å². The van der Waals surface area contributed by atoms with Crippen LogP contribution in [0.5, 0.6) is 0 Å². The average Bonchev–Trinajstić information content (AvgIpc) is 3.22. The minimum absolute atomic E-state index is 0.0321. The highest BCUT2D eigenvalue weighted by Gasteiger charge is 2.48. The molecule has 12 nitrogen and oxygen atoms in total. The van der Waals surface area contributed by atoms with Crippen molar-refractivity contribution < 1.29 is 56.2 Å². The molecule has 60 heavy (non-hydrogen) atoms. The molecule has 0 saturated carbocycles. The molecule has 0 aromatic heterocycles. The number of unbranched alkanes of at least 4 members (excludes halogenated alkanes) is 16. The molecule has 1 rings (SSSR count). The van der Waals surface area contributed by atoms with E-state index in [0.717, 1.165) is 77.0 Å². The highest BCUT2D eigenvalue weighted by atomic mass is 32.3. The van der Waals surface area contributed by atoms with Crippen molar-refractivity contribution in [3.05, 3.63) is 60.8 Å². The highest BCUT2D eigenvalue weighted by Crippen LogP contribution is 2.26. The van der Waals surface area contributed by atoms with Crippen LogP contribution in [0.25, 0.3) is 0 Å². The van der Waals surface area contributed by atoms with Gasteiger partial charge in [0.25, 0.3) is 0 Å². The first kappa shape index (κ1) is 55.8. The second-order valence-corrected chi connectivity index (χ2v) is 16.7. The van der Waals surface area contributed by atoms with Crippen LogP contribution in [0.1, 0.15) is 168 Å². The molecule has 6 unspecified atom stereocenters. The summed E-state index contributed by atoms with van der Waals surface area (Å²) in [5.74, 6) is -0.409. The summed E-state index contributed by atoms with van der Waals surface area (Å²) in [6.07, 6.45) is 38.4. The van der Waals surface area contributed by atoms with Crippen LogP contribution in [0, 0.1) is 0 Å². The number of aliphatic hydroxyl groups excluding tert-OH is 3. The Bertz CT molecular complexity index is 1280. The maximum atomic E-state index is 12.8. The van der Waals surface area contributed by atoms with Gasteiger partial charge in [0.1, 0.15) is 30.5 Å². The standard InChI is InChI=1S/C47H82O12S/c1-3-5-7-9-11-13-14-15-16-17-18-19-20-21-22-23-24-25-26-27-28-29-30-32-34-36-43(49)57-41(39-55-37-35-33-31-12-10-8-6-4-2)40-56-47-45(51)46(59-60(52,53)54)44(50)42(38-48)58-47/h5,7,11,13,15-16,18-19,21-22,41-42,44-48,50-51H,3-4,6,8-10,12,14,17,20,23-40H2,1-2H3,(H,52,53,54)/b7-5-,13-11-,16-15-,19-18-,22-21-. The topological polar surface area (TPSA) is 178 Å². The quantitative estimate of drug-likeness (QED) is 0.0199. The lowest BCUT2D eigenvalue weighted by Gasteiger charge is -2.41. The van der Waals surface area contributed by atoms with Gasteiger partial charge in [0.2, 0.25) is 0 Å². The molecule has 13 heteroatoms. The van der Waals surface area contributed by atoms with Gasteiger partial charge in [0.05, 0.1) is 19.8 Å². The molecule has 1 fully saturated rings. The zero-order chi connectivity index (χ0) is 43.9. The molecule has 0 bridgehead atoms. The van der Waals surface area contributed by atoms with Gasteiger partial charge in [-0.1, -0.05) is 164 Å². The number of hydrogen-bond acceptors (Lipinski definition) is 11. The minimum Gasteiger partial charge on any atom is -0.457 e. The van der Waals surface area contributed by atoms with Crippen molar-refractivity contribution in [1.82, 2.24) is 0 Å². The largest absolute Gasteiger partial charge is 0.457 e. The Morgan fingerprint density at radius 2 is 1.15 bits per heavy atom. The van der Waals surface area contributed by atoms with Crippen molar-refractivity contribution in [2.24, 2.45) is 0 Å². The van der Waals surface area contributed by atoms with Crippen LogP contribution in [0.3, 0.4) is 0 Å². The summed E-state index contributed by atoms with van der Waals surface area (Å²) in [6.45, 7) is 3.83. The third-order valence-corrected chi connectivity index (χ3v) is 10.6. The van der Waals surface area contributed by atoms with Gasteiger partial charge < -0.3 is 34.3 Å². The van der Waals surface area contributed by atoms with Gasteiger partial charge in [0.15, 0.2) is 6.29 Å². The van der Waals surface area contributed by atoms with Gasteiger partial charge in [-0.2, -0.15) is 8.42 Å². The molecule has 1 heterocycles. The van der Waals surface area contributed by atoms with Crippen molar-refractivity contribution in [2.45, 2.75) is 205 Å². The number of aliphatic hydroxyl groups is 3. The molecule has 0 aliphatic carbocycles. The number of rotatable bonds is 39. The summed E-state index contributed by atoms with van der Waals surface area (Å²) in [5.41, 5.74) is 0. The number of hydrogen-bond donors (Lipinski definition) is 4. The number of carbonyl (C=O) groups is 1.